The molecular weight excluding hydrogens is 294 g/mol. The summed E-state index contributed by atoms with van der Waals surface area (Å²) in [7, 11) is -3.63. The van der Waals surface area contributed by atoms with E-state index in [1.807, 2.05) is 0 Å². The predicted octanol–water partition coefficient (Wildman–Crippen LogP) is 1.87. The number of rotatable bonds is 4. The van der Waals surface area contributed by atoms with E-state index in [-0.39, 0.29) is 16.7 Å². The van der Waals surface area contributed by atoms with Gasteiger partial charge in [-0.2, -0.15) is 4.98 Å². The van der Waals surface area contributed by atoms with Crippen LogP contribution in [0.3, 0.4) is 0 Å². The number of aryl methyl sites for hydroxylation is 1. The Bertz CT molecular complexity index is 750. The van der Waals surface area contributed by atoms with Crippen LogP contribution in [0.25, 0.3) is 0 Å². The van der Waals surface area contributed by atoms with E-state index in [9.17, 15) is 13.2 Å². The van der Waals surface area contributed by atoms with Crippen LogP contribution in [0, 0.1) is 6.92 Å². The van der Waals surface area contributed by atoms with Crippen molar-refractivity contribution in [3.8, 4) is 0 Å². The lowest BCUT2D eigenvalue weighted by molar-refractivity contribution is -0.114. The maximum Gasteiger partial charge on any atom is 0.245 e. The quantitative estimate of drug-likeness (QED) is 0.925. The van der Waals surface area contributed by atoms with Crippen molar-refractivity contribution in [2.75, 3.05) is 5.32 Å². The second-order valence-corrected chi connectivity index (χ2v) is 6.84. The number of hydrogen-bond acceptors (Lipinski definition) is 6. The predicted molar refractivity (Wildman–Crippen MR) is 75.4 cm³/mol. The molecule has 2 rings (SSSR count). The molecule has 1 N–H and O–H groups in total. The number of anilines is 1. The molecule has 0 spiro atoms. The van der Waals surface area contributed by atoms with Crippen LogP contribution < -0.4 is 5.32 Å². The first-order valence-corrected chi connectivity index (χ1v) is 7.77. The first kappa shape index (κ1) is 15.2. The van der Waals surface area contributed by atoms with Crippen molar-refractivity contribution < 1.29 is 17.7 Å². The molecule has 1 aromatic carbocycles. The maximum absolute atomic E-state index is 12.5. The van der Waals surface area contributed by atoms with Crippen LogP contribution in [-0.2, 0) is 14.6 Å². The number of hydrogen-bond donors (Lipinski definition) is 1. The van der Waals surface area contributed by atoms with Crippen LogP contribution >= 0.6 is 0 Å². The van der Waals surface area contributed by atoms with E-state index in [4.69, 9.17) is 4.52 Å². The summed E-state index contributed by atoms with van der Waals surface area (Å²) in [6.07, 6.45) is 0. The van der Waals surface area contributed by atoms with E-state index < -0.39 is 15.1 Å². The molecule has 1 heterocycles. The molecular formula is C13H15N3O4S. The molecule has 7 nitrogen and oxygen atoms in total. The maximum atomic E-state index is 12.5. The highest BCUT2D eigenvalue weighted by molar-refractivity contribution is 7.91. The fourth-order valence-electron chi connectivity index (χ4n) is 1.75. The molecule has 0 bridgehead atoms. The summed E-state index contributed by atoms with van der Waals surface area (Å²) in [5, 5.41) is 5.23. The Kier molecular flexibility index (Phi) is 4.08. The molecule has 8 heteroatoms. The summed E-state index contributed by atoms with van der Waals surface area (Å²) in [6, 6.07) is 5.92. The third kappa shape index (κ3) is 3.27. The van der Waals surface area contributed by atoms with Gasteiger partial charge >= 0.3 is 0 Å². The van der Waals surface area contributed by atoms with Gasteiger partial charge in [0.2, 0.25) is 11.8 Å². The first-order chi connectivity index (χ1) is 9.80. The van der Waals surface area contributed by atoms with Crippen LogP contribution in [0.5, 0.6) is 0 Å². The van der Waals surface area contributed by atoms with Gasteiger partial charge in [-0.15, -0.1) is 0 Å². The Hall–Kier alpha value is -2.22. The van der Waals surface area contributed by atoms with Crippen molar-refractivity contribution in [3.05, 3.63) is 36.0 Å². The smallest absolute Gasteiger partial charge is 0.245 e. The second kappa shape index (κ2) is 5.65. The minimum atomic E-state index is -3.63. The van der Waals surface area contributed by atoms with Crippen LogP contribution in [0.1, 0.15) is 30.8 Å². The largest absolute Gasteiger partial charge is 0.338 e. The standard InChI is InChI=1S/C13H15N3O4S/c1-8(13-14-9(2)16-20-13)21(18,19)12-6-4-11(5-7-12)15-10(3)17/h4-8H,1-3H3,(H,15,17)/t8-/m0/s1. The van der Waals surface area contributed by atoms with Crippen LogP contribution in [-0.4, -0.2) is 24.5 Å². The lowest BCUT2D eigenvalue weighted by Gasteiger charge is -2.10. The summed E-state index contributed by atoms with van der Waals surface area (Å²) >= 11 is 0. The molecule has 0 saturated heterocycles. The number of nitrogens with zero attached hydrogens (tertiary/aromatic N) is 2. The molecule has 21 heavy (non-hydrogen) atoms. The summed E-state index contributed by atoms with van der Waals surface area (Å²) in [5.41, 5.74) is 0.530. The number of nitrogens with one attached hydrogen (secondary N) is 1. The fraction of sp³-hybridized carbons (Fsp3) is 0.308. The molecule has 0 aliphatic heterocycles. The first-order valence-electron chi connectivity index (χ1n) is 6.22. The molecule has 0 radical (unpaired) electrons. The van der Waals surface area contributed by atoms with Gasteiger partial charge in [-0.1, -0.05) is 5.16 Å². The molecule has 1 aromatic heterocycles. The van der Waals surface area contributed by atoms with Gasteiger partial charge in [-0.25, -0.2) is 8.42 Å². The summed E-state index contributed by atoms with van der Waals surface area (Å²) in [5.74, 6) is 0.215. The zero-order valence-electron chi connectivity index (χ0n) is 11.8. The van der Waals surface area contributed by atoms with Crippen LogP contribution in [0.15, 0.2) is 33.7 Å². The van der Waals surface area contributed by atoms with Crippen LogP contribution in [0.2, 0.25) is 0 Å². The minimum absolute atomic E-state index is 0.0541. The molecule has 0 fully saturated rings. The molecule has 0 aliphatic carbocycles. The van der Waals surface area contributed by atoms with Gasteiger partial charge in [0.15, 0.2) is 15.7 Å². The molecule has 1 atom stereocenters. The third-order valence-corrected chi connectivity index (χ3v) is 4.92. The topological polar surface area (TPSA) is 102 Å². The number of benzene rings is 1. The molecule has 0 aliphatic rings. The van der Waals surface area contributed by atoms with E-state index >= 15 is 0 Å². The third-order valence-electron chi connectivity index (χ3n) is 2.86. The van der Waals surface area contributed by atoms with Gasteiger partial charge in [0, 0.05) is 12.6 Å². The lowest BCUT2D eigenvalue weighted by atomic mass is 10.3. The average molecular weight is 309 g/mol. The normalized spacial score (nSPS) is 12.9. The van der Waals surface area contributed by atoms with E-state index in [0.29, 0.717) is 11.5 Å². The Morgan fingerprint density at radius 3 is 2.38 bits per heavy atom. The van der Waals surface area contributed by atoms with Crippen molar-refractivity contribution in [2.24, 2.45) is 0 Å². The van der Waals surface area contributed by atoms with E-state index in [1.165, 1.54) is 38.1 Å². The fourth-order valence-corrected chi connectivity index (χ4v) is 3.03. The van der Waals surface area contributed by atoms with E-state index in [2.05, 4.69) is 15.5 Å². The minimum Gasteiger partial charge on any atom is -0.338 e. The Morgan fingerprint density at radius 1 is 1.29 bits per heavy atom. The molecule has 0 unspecified atom stereocenters. The van der Waals surface area contributed by atoms with Crippen molar-refractivity contribution in [1.82, 2.24) is 10.1 Å². The second-order valence-electron chi connectivity index (χ2n) is 4.57. The highest BCUT2D eigenvalue weighted by Gasteiger charge is 2.29. The zero-order chi connectivity index (χ0) is 15.6. The Labute approximate surface area is 122 Å². The van der Waals surface area contributed by atoms with Crippen molar-refractivity contribution >= 4 is 21.4 Å². The highest BCUT2D eigenvalue weighted by Crippen LogP contribution is 2.28. The van der Waals surface area contributed by atoms with E-state index in [0.717, 1.165) is 0 Å². The number of sulfone groups is 1. The van der Waals surface area contributed by atoms with E-state index in [1.54, 1.807) is 6.92 Å². The average Bonchev–Trinajstić information content (AvgIpc) is 2.84. The van der Waals surface area contributed by atoms with Gasteiger partial charge in [0.25, 0.3) is 0 Å². The lowest BCUT2D eigenvalue weighted by Crippen LogP contribution is -2.11. The molecule has 112 valence electrons. The summed E-state index contributed by atoms with van der Waals surface area (Å²) in [4.78, 5) is 15.0. The number of carbonyl (C=O) groups is 1. The van der Waals surface area contributed by atoms with Gasteiger partial charge in [-0.3, -0.25) is 4.79 Å². The SMILES string of the molecule is CC(=O)Nc1ccc(S(=O)(=O)[C@@H](C)c2nc(C)no2)cc1. The molecule has 2 aromatic rings. The number of carbonyl (C=O) groups excluding carboxylic acids is 1. The van der Waals surface area contributed by atoms with Gasteiger partial charge in [0.1, 0.15) is 5.25 Å². The van der Waals surface area contributed by atoms with Gasteiger partial charge in [-0.05, 0) is 38.1 Å². The molecule has 0 saturated carbocycles. The zero-order valence-corrected chi connectivity index (χ0v) is 12.6. The summed E-state index contributed by atoms with van der Waals surface area (Å²) < 4.78 is 29.8. The monoisotopic (exact) mass is 309 g/mol. The van der Waals surface area contributed by atoms with Crippen LogP contribution in [0.4, 0.5) is 5.69 Å². The Balaban J connectivity index is 2.29. The van der Waals surface area contributed by atoms with Gasteiger partial charge < -0.3 is 9.84 Å². The highest BCUT2D eigenvalue weighted by atomic mass is 32.2. The van der Waals surface area contributed by atoms with Gasteiger partial charge in [0.05, 0.1) is 4.90 Å². The van der Waals surface area contributed by atoms with Crippen molar-refractivity contribution in [3.63, 3.8) is 0 Å². The van der Waals surface area contributed by atoms with Crippen molar-refractivity contribution in [1.29, 1.82) is 0 Å². The number of amides is 1. The van der Waals surface area contributed by atoms with Crippen molar-refractivity contribution in [2.45, 2.75) is 30.9 Å². The Morgan fingerprint density at radius 2 is 1.90 bits per heavy atom. The summed E-state index contributed by atoms with van der Waals surface area (Å²) in [6.45, 7) is 4.49. The number of aromatic nitrogens is 2. The molecule has 1 amide bonds.